The zero-order valence-electron chi connectivity index (χ0n) is 10.8. The van der Waals surface area contributed by atoms with Crippen LogP contribution in [0.5, 0.6) is 5.75 Å². The smallest absolute Gasteiger partial charge is 0.312 e. The average Bonchev–Trinajstić information content (AvgIpc) is 2.37. The van der Waals surface area contributed by atoms with Crippen LogP contribution in [0.25, 0.3) is 0 Å². The molecule has 0 heterocycles. The Balaban J connectivity index is 2.93. The minimum Gasteiger partial charge on any atom is -0.502 e. The van der Waals surface area contributed by atoms with Crippen LogP contribution in [0.1, 0.15) is 19.8 Å². The van der Waals surface area contributed by atoms with Crippen LogP contribution in [-0.4, -0.2) is 36.2 Å². The number of aromatic hydroxyl groups is 1. The summed E-state index contributed by atoms with van der Waals surface area (Å²) >= 11 is 0. The molecule has 1 rings (SSSR count). The molecule has 0 fully saturated rings. The van der Waals surface area contributed by atoms with Gasteiger partial charge in [0.05, 0.1) is 15.9 Å². The summed E-state index contributed by atoms with van der Waals surface area (Å²) in [6, 6.07) is 2.76. The molecule has 0 aromatic heterocycles. The molecule has 0 aliphatic heterocycles. The highest BCUT2D eigenvalue weighted by molar-refractivity contribution is 7.89. The monoisotopic (exact) mass is 304 g/mol. The van der Waals surface area contributed by atoms with Crippen molar-refractivity contribution in [2.24, 2.45) is 0 Å². The lowest BCUT2D eigenvalue weighted by Crippen LogP contribution is -2.32. The third kappa shape index (κ3) is 4.15. The highest BCUT2D eigenvalue weighted by atomic mass is 32.2. The van der Waals surface area contributed by atoms with Crippen molar-refractivity contribution in [3.63, 3.8) is 0 Å². The number of sulfonamides is 1. The molecule has 1 unspecified atom stereocenters. The first-order chi connectivity index (χ1) is 9.27. The lowest BCUT2D eigenvalue weighted by atomic mass is 10.2. The van der Waals surface area contributed by atoms with Gasteiger partial charge in [0.15, 0.2) is 5.75 Å². The molecule has 0 saturated carbocycles. The Labute approximate surface area is 116 Å². The lowest BCUT2D eigenvalue weighted by molar-refractivity contribution is -0.386. The zero-order valence-corrected chi connectivity index (χ0v) is 11.6. The fourth-order valence-electron chi connectivity index (χ4n) is 1.54. The van der Waals surface area contributed by atoms with Gasteiger partial charge in [-0.25, -0.2) is 13.1 Å². The number of phenolic OH excluding ortho intramolecular Hbond substituents is 1. The Morgan fingerprint density at radius 3 is 2.65 bits per heavy atom. The van der Waals surface area contributed by atoms with Gasteiger partial charge in [-0.1, -0.05) is 13.3 Å². The van der Waals surface area contributed by atoms with E-state index in [0.29, 0.717) is 12.8 Å². The first kappa shape index (κ1) is 16.3. The van der Waals surface area contributed by atoms with E-state index in [-0.39, 0.29) is 11.4 Å². The van der Waals surface area contributed by atoms with Gasteiger partial charge in [-0.05, 0) is 18.6 Å². The number of phenols is 1. The number of aliphatic hydroxyl groups excluding tert-OH is 1. The predicted octanol–water partition coefficient (Wildman–Crippen LogP) is 0.740. The average molecular weight is 304 g/mol. The Bertz CT molecular complexity index is 587. The first-order valence-electron chi connectivity index (χ1n) is 5.93. The molecule has 0 aliphatic carbocycles. The normalized spacial score (nSPS) is 13.1. The van der Waals surface area contributed by atoms with E-state index in [1.165, 1.54) is 0 Å². The summed E-state index contributed by atoms with van der Waals surface area (Å²) in [5.74, 6) is -0.611. The van der Waals surface area contributed by atoms with Crippen molar-refractivity contribution in [3.8, 4) is 5.75 Å². The molecule has 0 spiro atoms. The van der Waals surface area contributed by atoms with Gasteiger partial charge in [-0.2, -0.15) is 0 Å². The number of nitro benzene ring substituents is 1. The summed E-state index contributed by atoms with van der Waals surface area (Å²) < 4.78 is 26.0. The number of hydrogen-bond acceptors (Lipinski definition) is 6. The van der Waals surface area contributed by atoms with Gasteiger partial charge in [0.25, 0.3) is 0 Å². The Morgan fingerprint density at radius 2 is 2.10 bits per heavy atom. The van der Waals surface area contributed by atoms with Crippen LogP contribution in [0.3, 0.4) is 0 Å². The van der Waals surface area contributed by atoms with E-state index in [4.69, 9.17) is 0 Å². The van der Waals surface area contributed by atoms with E-state index in [0.717, 1.165) is 18.2 Å². The Hall–Kier alpha value is -1.71. The quantitative estimate of drug-likeness (QED) is 0.503. The third-order valence-corrected chi connectivity index (χ3v) is 4.01. The maximum absolute atomic E-state index is 11.9. The summed E-state index contributed by atoms with van der Waals surface area (Å²) in [4.78, 5) is 9.43. The fourth-order valence-corrected chi connectivity index (χ4v) is 2.63. The number of nitrogens with one attached hydrogen (secondary N) is 1. The molecule has 3 N–H and O–H groups in total. The molecule has 0 amide bonds. The third-order valence-electron chi connectivity index (χ3n) is 2.58. The molecule has 1 aromatic carbocycles. The standard InChI is InChI=1S/C11H16N2O6S/c1-2-3-8(14)7-12-20(18,19)9-4-5-11(15)10(6-9)13(16)17/h4-6,8,12,14-15H,2-3,7H2,1H3. The second-order valence-corrected chi connectivity index (χ2v) is 5.97. The summed E-state index contributed by atoms with van der Waals surface area (Å²) in [6.07, 6.45) is 0.327. The molecule has 1 atom stereocenters. The van der Waals surface area contributed by atoms with Crippen molar-refractivity contribution >= 4 is 15.7 Å². The second-order valence-electron chi connectivity index (χ2n) is 4.20. The largest absolute Gasteiger partial charge is 0.502 e. The van der Waals surface area contributed by atoms with Gasteiger partial charge in [0.1, 0.15) is 0 Å². The van der Waals surface area contributed by atoms with Gasteiger partial charge in [0, 0.05) is 12.6 Å². The summed E-state index contributed by atoms with van der Waals surface area (Å²) in [5.41, 5.74) is -0.693. The van der Waals surface area contributed by atoms with E-state index in [9.17, 15) is 28.7 Å². The first-order valence-corrected chi connectivity index (χ1v) is 7.41. The molecule has 0 bridgehead atoms. The van der Waals surface area contributed by atoms with Crippen molar-refractivity contribution in [1.29, 1.82) is 0 Å². The molecule has 112 valence electrons. The van der Waals surface area contributed by atoms with Crippen molar-refractivity contribution in [3.05, 3.63) is 28.3 Å². The van der Waals surface area contributed by atoms with E-state index in [2.05, 4.69) is 4.72 Å². The number of nitro groups is 1. The summed E-state index contributed by atoms with van der Waals surface area (Å²) in [7, 11) is -3.97. The van der Waals surface area contributed by atoms with Crippen LogP contribution in [-0.2, 0) is 10.0 Å². The fraction of sp³-hybridized carbons (Fsp3) is 0.455. The molecule has 0 aliphatic rings. The summed E-state index contributed by atoms with van der Waals surface area (Å²) in [6.45, 7) is 1.67. The Morgan fingerprint density at radius 1 is 1.45 bits per heavy atom. The van der Waals surface area contributed by atoms with E-state index in [1.807, 2.05) is 6.92 Å². The number of hydrogen-bond donors (Lipinski definition) is 3. The molecular formula is C11H16N2O6S. The van der Waals surface area contributed by atoms with Crippen molar-refractivity contribution in [1.82, 2.24) is 4.72 Å². The molecule has 0 radical (unpaired) electrons. The van der Waals surface area contributed by atoms with E-state index >= 15 is 0 Å². The van der Waals surface area contributed by atoms with E-state index in [1.54, 1.807) is 0 Å². The topological polar surface area (TPSA) is 130 Å². The zero-order chi connectivity index (χ0) is 15.3. The van der Waals surface area contributed by atoms with Crippen molar-refractivity contribution < 1.29 is 23.6 Å². The molecule has 0 saturated heterocycles. The Kier molecular flexibility index (Phi) is 5.43. The van der Waals surface area contributed by atoms with Crippen LogP contribution < -0.4 is 4.72 Å². The molecular weight excluding hydrogens is 288 g/mol. The minimum absolute atomic E-state index is 0.176. The summed E-state index contributed by atoms with van der Waals surface area (Å²) in [5, 5.41) is 29.4. The number of benzene rings is 1. The van der Waals surface area contributed by atoms with Crippen LogP contribution in [0, 0.1) is 10.1 Å². The highest BCUT2D eigenvalue weighted by Gasteiger charge is 2.21. The van der Waals surface area contributed by atoms with Gasteiger partial charge in [-0.3, -0.25) is 10.1 Å². The number of aliphatic hydroxyl groups is 1. The van der Waals surface area contributed by atoms with Gasteiger partial charge in [-0.15, -0.1) is 0 Å². The maximum atomic E-state index is 11.9. The molecule has 20 heavy (non-hydrogen) atoms. The van der Waals surface area contributed by atoms with Crippen LogP contribution in [0.15, 0.2) is 23.1 Å². The predicted molar refractivity (Wildman–Crippen MR) is 70.9 cm³/mol. The minimum atomic E-state index is -3.97. The van der Waals surface area contributed by atoms with Crippen LogP contribution in [0.2, 0.25) is 0 Å². The lowest BCUT2D eigenvalue weighted by Gasteiger charge is -2.11. The van der Waals surface area contributed by atoms with Crippen molar-refractivity contribution in [2.75, 3.05) is 6.54 Å². The van der Waals surface area contributed by atoms with Gasteiger partial charge >= 0.3 is 5.69 Å². The highest BCUT2D eigenvalue weighted by Crippen LogP contribution is 2.28. The van der Waals surface area contributed by atoms with Gasteiger partial charge in [0.2, 0.25) is 10.0 Å². The molecule has 9 heteroatoms. The number of nitrogens with zero attached hydrogens (tertiary/aromatic N) is 1. The molecule has 1 aromatic rings. The van der Waals surface area contributed by atoms with Crippen molar-refractivity contribution in [2.45, 2.75) is 30.8 Å². The maximum Gasteiger partial charge on any atom is 0.312 e. The molecule has 8 nitrogen and oxygen atoms in total. The van der Waals surface area contributed by atoms with Gasteiger partial charge < -0.3 is 10.2 Å². The van der Waals surface area contributed by atoms with Crippen LogP contribution in [0.4, 0.5) is 5.69 Å². The van der Waals surface area contributed by atoms with Crippen LogP contribution >= 0.6 is 0 Å². The SMILES string of the molecule is CCCC(O)CNS(=O)(=O)c1ccc(O)c([N+](=O)[O-])c1. The van der Waals surface area contributed by atoms with E-state index < -0.39 is 32.5 Å². The number of rotatable bonds is 7. The second kappa shape index (κ2) is 6.64.